The lowest BCUT2D eigenvalue weighted by Gasteiger charge is -2.18. The minimum atomic E-state index is -3.45. The molecule has 3 aliphatic rings. The number of nitrogens with zero attached hydrogens (tertiary/aromatic N) is 1. The highest BCUT2D eigenvalue weighted by molar-refractivity contribution is 7.89. The maximum absolute atomic E-state index is 12.7. The van der Waals surface area contributed by atoms with Crippen LogP contribution in [0.3, 0.4) is 0 Å². The molecule has 0 aromatic heterocycles. The van der Waals surface area contributed by atoms with Crippen LogP contribution in [0.1, 0.15) is 5.56 Å². The van der Waals surface area contributed by atoms with Crippen molar-refractivity contribution in [3.63, 3.8) is 0 Å². The quantitative estimate of drug-likeness (QED) is 0.807. The van der Waals surface area contributed by atoms with E-state index < -0.39 is 10.0 Å². The van der Waals surface area contributed by atoms with Crippen LogP contribution in [0.4, 0.5) is 5.69 Å². The average Bonchev–Trinajstić information content (AvgIpc) is 3.09. The number of rotatable bonds is 2. The van der Waals surface area contributed by atoms with Gasteiger partial charge in [0.2, 0.25) is 15.9 Å². The fraction of sp³-hybridized carbons (Fsp3) is 0.500. The fourth-order valence-electron chi connectivity index (χ4n) is 3.52. The Balaban J connectivity index is 1.64. The Morgan fingerprint density at radius 2 is 1.86 bits per heavy atom. The highest BCUT2D eigenvalue weighted by atomic mass is 32.2. The van der Waals surface area contributed by atoms with Crippen LogP contribution in [0.25, 0.3) is 0 Å². The SMILES string of the molecule is O=C1Cc2cc(S(=O)(=O)N3CC4CNCC4C3)ccc2N1. The number of fused-ring (bicyclic) bond motifs is 2. The maximum atomic E-state index is 12.7. The Kier molecular flexibility index (Phi) is 2.85. The molecular weight excluding hydrogens is 290 g/mol. The van der Waals surface area contributed by atoms with Crippen molar-refractivity contribution < 1.29 is 13.2 Å². The first-order valence-electron chi connectivity index (χ1n) is 7.18. The Morgan fingerprint density at radius 1 is 1.14 bits per heavy atom. The lowest BCUT2D eigenvalue weighted by atomic mass is 10.0. The van der Waals surface area contributed by atoms with Crippen LogP contribution in [0.15, 0.2) is 23.1 Å². The Hall–Kier alpha value is -1.44. The summed E-state index contributed by atoms with van der Waals surface area (Å²) in [6.45, 7) is 2.99. The summed E-state index contributed by atoms with van der Waals surface area (Å²) in [5, 5.41) is 6.03. The molecule has 3 heterocycles. The van der Waals surface area contributed by atoms with E-state index in [2.05, 4.69) is 10.6 Å². The molecule has 0 aliphatic carbocycles. The molecule has 21 heavy (non-hydrogen) atoms. The van der Waals surface area contributed by atoms with Crippen LogP contribution < -0.4 is 10.6 Å². The van der Waals surface area contributed by atoms with E-state index in [1.54, 1.807) is 22.5 Å². The van der Waals surface area contributed by atoms with Gasteiger partial charge in [-0.1, -0.05) is 0 Å². The summed E-state index contributed by atoms with van der Waals surface area (Å²) >= 11 is 0. The summed E-state index contributed by atoms with van der Waals surface area (Å²) in [6, 6.07) is 4.91. The van der Waals surface area contributed by atoms with Crippen LogP contribution in [0.5, 0.6) is 0 Å². The van der Waals surface area contributed by atoms with E-state index in [9.17, 15) is 13.2 Å². The first kappa shape index (κ1) is 13.2. The van der Waals surface area contributed by atoms with E-state index in [0.29, 0.717) is 29.8 Å². The lowest BCUT2D eigenvalue weighted by Crippen LogP contribution is -2.32. The molecule has 2 fully saturated rings. The van der Waals surface area contributed by atoms with Crippen molar-refractivity contribution in [3.05, 3.63) is 23.8 Å². The second-order valence-electron chi connectivity index (χ2n) is 6.04. The zero-order valence-electron chi connectivity index (χ0n) is 11.5. The summed E-state index contributed by atoms with van der Waals surface area (Å²) in [7, 11) is -3.45. The van der Waals surface area contributed by atoms with Crippen molar-refractivity contribution >= 4 is 21.6 Å². The van der Waals surface area contributed by atoms with Crippen molar-refractivity contribution in [1.29, 1.82) is 0 Å². The van der Waals surface area contributed by atoms with Gasteiger partial charge in [-0.05, 0) is 48.7 Å². The maximum Gasteiger partial charge on any atom is 0.243 e. The van der Waals surface area contributed by atoms with Crippen LogP contribution in [0.2, 0.25) is 0 Å². The van der Waals surface area contributed by atoms with Gasteiger partial charge in [0, 0.05) is 18.8 Å². The summed E-state index contributed by atoms with van der Waals surface area (Å²) in [4.78, 5) is 11.7. The smallest absolute Gasteiger partial charge is 0.243 e. The molecule has 2 unspecified atom stereocenters. The number of benzene rings is 1. The third-order valence-corrected chi connectivity index (χ3v) is 6.52. The van der Waals surface area contributed by atoms with Crippen molar-refractivity contribution in [3.8, 4) is 0 Å². The third kappa shape index (κ3) is 2.07. The predicted octanol–water partition coefficient (Wildman–Crippen LogP) is 0.0211. The van der Waals surface area contributed by atoms with E-state index >= 15 is 0 Å². The van der Waals surface area contributed by atoms with Crippen LogP contribution in [-0.2, 0) is 21.2 Å². The van der Waals surface area contributed by atoms with Gasteiger partial charge in [-0.2, -0.15) is 4.31 Å². The topological polar surface area (TPSA) is 78.5 Å². The molecule has 0 spiro atoms. The molecule has 1 aromatic rings. The molecular formula is C14H17N3O3S. The number of carbonyl (C=O) groups is 1. The van der Waals surface area contributed by atoms with Gasteiger partial charge in [-0.25, -0.2) is 8.42 Å². The van der Waals surface area contributed by atoms with E-state index in [1.807, 2.05) is 0 Å². The zero-order chi connectivity index (χ0) is 14.6. The van der Waals surface area contributed by atoms with Gasteiger partial charge in [0.25, 0.3) is 0 Å². The molecule has 1 amide bonds. The molecule has 0 saturated carbocycles. The molecule has 2 N–H and O–H groups in total. The molecule has 0 bridgehead atoms. The predicted molar refractivity (Wildman–Crippen MR) is 77.4 cm³/mol. The van der Waals surface area contributed by atoms with Gasteiger partial charge in [-0.3, -0.25) is 4.79 Å². The van der Waals surface area contributed by atoms with E-state index in [4.69, 9.17) is 0 Å². The number of nitrogens with one attached hydrogen (secondary N) is 2. The molecule has 3 aliphatic heterocycles. The Bertz CT molecular complexity index is 704. The monoisotopic (exact) mass is 307 g/mol. The minimum absolute atomic E-state index is 0.0821. The molecule has 2 atom stereocenters. The second-order valence-corrected chi connectivity index (χ2v) is 7.98. The average molecular weight is 307 g/mol. The van der Waals surface area contributed by atoms with Gasteiger partial charge in [0.05, 0.1) is 11.3 Å². The largest absolute Gasteiger partial charge is 0.326 e. The normalized spacial score (nSPS) is 28.5. The second kappa shape index (κ2) is 4.53. The fourth-order valence-corrected chi connectivity index (χ4v) is 5.13. The molecule has 2 saturated heterocycles. The van der Waals surface area contributed by atoms with Crippen LogP contribution in [-0.4, -0.2) is 44.8 Å². The standard InChI is InChI=1S/C14H17N3O3S/c18-14-4-9-3-12(1-2-13(9)16-14)21(19,20)17-7-10-5-15-6-11(10)8-17/h1-3,10-11,15H,4-8H2,(H,16,18). The first-order valence-corrected chi connectivity index (χ1v) is 8.62. The molecule has 112 valence electrons. The number of anilines is 1. The number of hydrogen-bond donors (Lipinski definition) is 2. The summed E-state index contributed by atoms with van der Waals surface area (Å²) < 4.78 is 27.1. The number of amides is 1. The van der Waals surface area contributed by atoms with E-state index in [0.717, 1.165) is 24.3 Å². The Labute approximate surface area is 123 Å². The molecule has 6 nitrogen and oxygen atoms in total. The van der Waals surface area contributed by atoms with Gasteiger partial charge < -0.3 is 10.6 Å². The molecule has 4 rings (SSSR count). The van der Waals surface area contributed by atoms with Crippen LogP contribution >= 0.6 is 0 Å². The Morgan fingerprint density at radius 3 is 2.57 bits per heavy atom. The third-order valence-electron chi connectivity index (χ3n) is 4.70. The van der Waals surface area contributed by atoms with Crippen LogP contribution in [0, 0.1) is 11.8 Å². The zero-order valence-corrected chi connectivity index (χ0v) is 12.3. The van der Waals surface area contributed by atoms with Gasteiger partial charge in [-0.15, -0.1) is 0 Å². The highest BCUT2D eigenvalue weighted by Gasteiger charge is 2.41. The number of carbonyl (C=O) groups excluding carboxylic acids is 1. The van der Waals surface area contributed by atoms with Crippen molar-refractivity contribution in [2.24, 2.45) is 11.8 Å². The van der Waals surface area contributed by atoms with Crippen molar-refractivity contribution in [2.75, 3.05) is 31.5 Å². The van der Waals surface area contributed by atoms with E-state index in [1.165, 1.54) is 0 Å². The molecule has 7 heteroatoms. The van der Waals surface area contributed by atoms with Crippen molar-refractivity contribution in [1.82, 2.24) is 9.62 Å². The van der Waals surface area contributed by atoms with E-state index in [-0.39, 0.29) is 12.3 Å². The number of hydrogen-bond acceptors (Lipinski definition) is 4. The van der Waals surface area contributed by atoms with Gasteiger partial charge >= 0.3 is 0 Å². The first-order chi connectivity index (χ1) is 10.0. The minimum Gasteiger partial charge on any atom is -0.326 e. The lowest BCUT2D eigenvalue weighted by molar-refractivity contribution is -0.115. The number of sulfonamides is 1. The molecule has 0 radical (unpaired) electrons. The van der Waals surface area contributed by atoms with Gasteiger partial charge in [0.15, 0.2) is 0 Å². The summed E-state index contributed by atoms with van der Waals surface area (Å²) in [5.74, 6) is 0.774. The van der Waals surface area contributed by atoms with Crippen molar-refractivity contribution in [2.45, 2.75) is 11.3 Å². The highest BCUT2D eigenvalue weighted by Crippen LogP contribution is 2.32. The summed E-state index contributed by atoms with van der Waals surface area (Å²) in [5.41, 5.74) is 1.49. The summed E-state index contributed by atoms with van der Waals surface area (Å²) in [6.07, 6.45) is 0.258. The van der Waals surface area contributed by atoms with Gasteiger partial charge in [0.1, 0.15) is 0 Å². The molecule has 1 aromatic carbocycles.